The van der Waals surface area contributed by atoms with E-state index in [1.54, 1.807) is 4.90 Å². The number of nitro groups is 1. The van der Waals surface area contributed by atoms with E-state index in [4.69, 9.17) is 16.3 Å². The Balaban J connectivity index is 1.91. The lowest BCUT2D eigenvalue weighted by atomic mass is 10.1. The maximum atomic E-state index is 12.7. The normalized spacial score (nSPS) is 24.7. The summed E-state index contributed by atoms with van der Waals surface area (Å²) in [6.07, 6.45) is 2.97. The first-order valence-electron chi connectivity index (χ1n) is 6.95. The minimum Gasteiger partial charge on any atom is -0.374 e. The minimum atomic E-state index is -0.573. The van der Waals surface area contributed by atoms with Crippen LogP contribution in [0.3, 0.4) is 0 Å². The molecule has 1 saturated carbocycles. The smallest absolute Gasteiger partial charge is 0.288 e. The van der Waals surface area contributed by atoms with E-state index in [1.165, 1.54) is 18.2 Å². The predicted molar refractivity (Wildman–Crippen MR) is 76.5 cm³/mol. The highest BCUT2D eigenvalue weighted by atomic mass is 35.5. The van der Waals surface area contributed by atoms with Crippen molar-refractivity contribution in [2.45, 2.75) is 31.4 Å². The zero-order valence-electron chi connectivity index (χ0n) is 11.3. The first-order valence-corrected chi connectivity index (χ1v) is 7.33. The van der Waals surface area contributed by atoms with Crippen LogP contribution in [0.15, 0.2) is 18.2 Å². The Labute approximate surface area is 126 Å². The second-order valence-electron chi connectivity index (χ2n) is 5.30. The van der Waals surface area contributed by atoms with Gasteiger partial charge in [-0.1, -0.05) is 17.7 Å². The molecule has 0 aromatic heterocycles. The Bertz CT molecular complexity index is 592. The zero-order valence-corrected chi connectivity index (χ0v) is 12.1. The van der Waals surface area contributed by atoms with Crippen molar-refractivity contribution >= 4 is 23.2 Å². The SMILES string of the molecule is O=C(c1cccc([N+](=O)[O-])c1Cl)N1CCOC2CCCC21. The van der Waals surface area contributed by atoms with Crippen LogP contribution in [-0.2, 0) is 4.74 Å². The summed E-state index contributed by atoms with van der Waals surface area (Å²) in [6, 6.07) is 4.39. The predicted octanol–water partition coefficient (Wildman–Crippen LogP) is 2.64. The van der Waals surface area contributed by atoms with Gasteiger partial charge >= 0.3 is 0 Å². The lowest BCUT2D eigenvalue weighted by molar-refractivity contribution is -0.384. The summed E-state index contributed by atoms with van der Waals surface area (Å²) in [5.74, 6) is -0.246. The topological polar surface area (TPSA) is 72.7 Å². The summed E-state index contributed by atoms with van der Waals surface area (Å²) in [4.78, 5) is 24.8. The molecule has 1 aromatic rings. The number of rotatable bonds is 2. The Kier molecular flexibility index (Phi) is 3.82. The minimum absolute atomic E-state index is 0.0570. The quantitative estimate of drug-likeness (QED) is 0.622. The average molecular weight is 311 g/mol. The molecule has 3 rings (SSSR count). The maximum absolute atomic E-state index is 12.7. The number of benzene rings is 1. The Hall–Kier alpha value is -1.66. The standard InChI is InChI=1S/C14H15ClN2O4/c15-13-9(3-1-5-11(13)17(19)20)14(18)16-7-8-21-12-6-2-4-10(12)16/h1,3,5,10,12H,2,4,6-8H2. The van der Waals surface area contributed by atoms with Gasteiger partial charge in [0.25, 0.3) is 11.6 Å². The number of nitrogens with zero attached hydrogens (tertiary/aromatic N) is 2. The van der Waals surface area contributed by atoms with Gasteiger partial charge in [-0.05, 0) is 25.3 Å². The number of ether oxygens (including phenoxy) is 1. The van der Waals surface area contributed by atoms with E-state index in [-0.39, 0.29) is 34.3 Å². The number of hydrogen-bond donors (Lipinski definition) is 0. The number of carbonyl (C=O) groups excluding carboxylic acids is 1. The number of nitro benzene ring substituents is 1. The van der Waals surface area contributed by atoms with Crippen molar-refractivity contribution in [1.82, 2.24) is 4.90 Å². The Morgan fingerprint density at radius 1 is 1.43 bits per heavy atom. The van der Waals surface area contributed by atoms with Crippen molar-refractivity contribution in [3.8, 4) is 0 Å². The molecule has 0 radical (unpaired) electrons. The molecule has 2 unspecified atom stereocenters. The molecule has 0 N–H and O–H groups in total. The van der Waals surface area contributed by atoms with Gasteiger partial charge in [-0.3, -0.25) is 14.9 Å². The fraction of sp³-hybridized carbons (Fsp3) is 0.500. The van der Waals surface area contributed by atoms with Crippen LogP contribution < -0.4 is 0 Å². The van der Waals surface area contributed by atoms with Gasteiger partial charge in [-0.2, -0.15) is 0 Å². The molecule has 1 aliphatic heterocycles. The van der Waals surface area contributed by atoms with Gasteiger partial charge in [0.2, 0.25) is 0 Å². The summed E-state index contributed by atoms with van der Waals surface area (Å²) in [5.41, 5.74) is -0.0443. The molecular formula is C14H15ClN2O4. The van der Waals surface area contributed by atoms with Gasteiger partial charge in [-0.25, -0.2) is 0 Å². The van der Waals surface area contributed by atoms with Crippen molar-refractivity contribution in [3.05, 3.63) is 38.9 Å². The van der Waals surface area contributed by atoms with Gasteiger partial charge < -0.3 is 9.64 Å². The van der Waals surface area contributed by atoms with E-state index in [2.05, 4.69) is 0 Å². The molecule has 2 atom stereocenters. The van der Waals surface area contributed by atoms with Gasteiger partial charge in [0, 0.05) is 12.6 Å². The molecular weight excluding hydrogens is 296 g/mol. The van der Waals surface area contributed by atoms with Crippen LogP contribution in [0.1, 0.15) is 29.6 Å². The van der Waals surface area contributed by atoms with Gasteiger partial charge in [0.1, 0.15) is 5.02 Å². The number of halogens is 1. The highest BCUT2D eigenvalue weighted by Crippen LogP contribution is 2.33. The lowest BCUT2D eigenvalue weighted by Crippen LogP contribution is -2.51. The fourth-order valence-electron chi connectivity index (χ4n) is 3.16. The molecule has 1 heterocycles. The monoisotopic (exact) mass is 310 g/mol. The van der Waals surface area contributed by atoms with Crippen LogP contribution in [0, 0.1) is 10.1 Å². The van der Waals surface area contributed by atoms with Crippen LogP contribution in [0.2, 0.25) is 5.02 Å². The van der Waals surface area contributed by atoms with E-state index < -0.39 is 4.92 Å². The summed E-state index contributed by atoms with van der Waals surface area (Å²) < 4.78 is 5.68. The maximum Gasteiger partial charge on any atom is 0.288 e. The molecule has 6 nitrogen and oxygen atoms in total. The highest BCUT2D eigenvalue weighted by molar-refractivity contribution is 6.35. The van der Waals surface area contributed by atoms with E-state index in [9.17, 15) is 14.9 Å². The second-order valence-corrected chi connectivity index (χ2v) is 5.68. The molecule has 21 heavy (non-hydrogen) atoms. The zero-order chi connectivity index (χ0) is 15.0. The molecule has 2 aliphatic rings. The molecule has 0 bridgehead atoms. The van der Waals surface area contributed by atoms with Crippen molar-refractivity contribution in [2.75, 3.05) is 13.2 Å². The van der Waals surface area contributed by atoms with E-state index in [0.29, 0.717) is 13.2 Å². The number of carbonyl (C=O) groups is 1. The summed E-state index contributed by atoms with van der Waals surface area (Å²) in [7, 11) is 0. The second kappa shape index (κ2) is 5.61. The fourth-order valence-corrected chi connectivity index (χ4v) is 3.43. The number of amides is 1. The molecule has 0 spiro atoms. The van der Waals surface area contributed by atoms with Crippen LogP contribution in [0.5, 0.6) is 0 Å². The van der Waals surface area contributed by atoms with Crippen LogP contribution in [-0.4, -0.2) is 41.0 Å². The third-order valence-electron chi connectivity index (χ3n) is 4.15. The van der Waals surface area contributed by atoms with E-state index in [1.807, 2.05) is 0 Å². The molecule has 1 saturated heterocycles. The van der Waals surface area contributed by atoms with E-state index >= 15 is 0 Å². The van der Waals surface area contributed by atoms with Crippen LogP contribution in [0.25, 0.3) is 0 Å². The molecule has 1 aliphatic carbocycles. The van der Waals surface area contributed by atoms with Gasteiger partial charge in [0.05, 0.1) is 29.2 Å². The third-order valence-corrected chi connectivity index (χ3v) is 4.55. The van der Waals surface area contributed by atoms with E-state index in [0.717, 1.165) is 19.3 Å². The van der Waals surface area contributed by atoms with Crippen molar-refractivity contribution in [2.24, 2.45) is 0 Å². The first kappa shape index (κ1) is 14.3. The summed E-state index contributed by atoms with van der Waals surface area (Å²) in [6.45, 7) is 0.998. The first-order chi connectivity index (χ1) is 10.1. The number of fused-ring (bicyclic) bond motifs is 1. The summed E-state index contributed by atoms with van der Waals surface area (Å²) >= 11 is 6.04. The Morgan fingerprint density at radius 2 is 2.24 bits per heavy atom. The molecule has 112 valence electrons. The average Bonchev–Trinajstić information content (AvgIpc) is 2.94. The summed E-state index contributed by atoms with van der Waals surface area (Å²) in [5, 5.41) is 10.8. The Morgan fingerprint density at radius 3 is 3.00 bits per heavy atom. The lowest BCUT2D eigenvalue weighted by Gasteiger charge is -2.37. The van der Waals surface area contributed by atoms with Crippen molar-refractivity contribution in [1.29, 1.82) is 0 Å². The van der Waals surface area contributed by atoms with Crippen LogP contribution in [0.4, 0.5) is 5.69 Å². The van der Waals surface area contributed by atoms with Gasteiger partial charge in [-0.15, -0.1) is 0 Å². The third kappa shape index (κ3) is 2.49. The molecule has 1 aromatic carbocycles. The highest BCUT2D eigenvalue weighted by Gasteiger charge is 2.39. The molecule has 7 heteroatoms. The number of hydrogen-bond acceptors (Lipinski definition) is 4. The van der Waals surface area contributed by atoms with Crippen molar-refractivity contribution in [3.63, 3.8) is 0 Å². The number of morpholine rings is 1. The van der Waals surface area contributed by atoms with Gasteiger partial charge in [0.15, 0.2) is 0 Å². The molecule has 2 fully saturated rings. The largest absolute Gasteiger partial charge is 0.374 e. The van der Waals surface area contributed by atoms with Crippen molar-refractivity contribution < 1.29 is 14.5 Å². The molecule has 1 amide bonds. The van der Waals surface area contributed by atoms with Crippen LogP contribution >= 0.6 is 11.6 Å².